The molecule has 0 aliphatic carbocycles. The zero-order chi connectivity index (χ0) is 14.8. The van der Waals surface area contributed by atoms with E-state index in [0.29, 0.717) is 12.8 Å². The van der Waals surface area contributed by atoms with Gasteiger partial charge in [0.05, 0.1) is 15.2 Å². The predicted octanol–water partition coefficient (Wildman–Crippen LogP) is 4.73. The summed E-state index contributed by atoms with van der Waals surface area (Å²) in [7, 11) is 0. The smallest absolute Gasteiger partial charge is 0.163 e. The Bertz CT molecular complexity index is 771. The highest BCUT2D eigenvalue weighted by atomic mass is 32.1. The molecule has 2 nitrogen and oxygen atoms in total. The van der Waals surface area contributed by atoms with Gasteiger partial charge in [0.15, 0.2) is 5.78 Å². The first-order valence-corrected chi connectivity index (χ1v) is 7.90. The van der Waals surface area contributed by atoms with Crippen LogP contribution in [0.15, 0.2) is 42.5 Å². The number of ketones is 1. The average Bonchev–Trinajstić information content (AvgIpc) is 2.90. The van der Waals surface area contributed by atoms with Crippen LogP contribution in [0.25, 0.3) is 10.2 Å². The van der Waals surface area contributed by atoms with Gasteiger partial charge in [-0.1, -0.05) is 29.8 Å². The summed E-state index contributed by atoms with van der Waals surface area (Å²) in [6.45, 7) is 4.01. The van der Waals surface area contributed by atoms with E-state index < -0.39 is 0 Å². The lowest BCUT2D eigenvalue weighted by Crippen LogP contribution is -2.03. The number of fused-ring (bicyclic) bond motifs is 1. The minimum Gasteiger partial charge on any atom is -0.294 e. The van der Waals surface area contributed by atoms with Gasteiger partial charge in [0.2, 0.25) is 0 Å². The predicted molar refractivity (Wildman–Crippen MR) is 88.2 cm³/mol. The SMILES string of the molecule is Cc1ccc(C)c(C(=O)CCc2nc3ccccc3s2)c1. The molecule has 0 aliphatic rings. The van der Waals surface area contributed by atoms with Crippen molar-refractivity contribution in [3.63, 3.8) is 0 Å². The van der Waals surface area contributed by atoms with Gasteiger partial charge in [0.1, 0.15) is 0 Å². The van der Waals surface area contributed by atoms with Crippen molar-refractivity contribution < 1.29 is 4.79 Å². The second kappa shape index (κ2) is 5.78. The van der Waals surface area contributed by atoms with Crippen LogP contribution in [0, 0.1) is 13.8 Å². The maximum atomic E-state index is 12.4. The van der Waals surface area contributed by atoms with Crippen molar-refractivity contribution >= 4 is 27.3 Å². The highest BCUT2D eigenvalue weighted by Crippen LogP contribution is 2.23. The van der Waals surface area contributed by atoms with E-state index in [1.54, 1.807) is 11.3 Å². The normalized spacial score (nSPS) is 11.0. The Hall–Kier alpha value is -2.00. The molecule has 0 N–H and O–H groups in total. The minimum atomic E-state index is 0.204. The standard InChI is InChI=1S/C18H17NOS/c1-12-7-8-13(2)14(11-12)16(20)9-10-18-19-15-5-3-4-6-17(15)21-18/h3-8,11H,9-10H2,1-2H3. The lowest BCUT2D eigenvalue weighted by molar-refractivity contribution is 0.0982. The summed E-state index contributed by atoms with van der Waals surface area (Å²) in [5, 5.41) is 1.04. The fraction of sp³-hybridized carbons (Fsp3) is 0.222. The van der Waals surface area contributed by atoms with E-state index in [0.717, 1.165) is 27.2 Å². The molecule has 0 unspecified atom stereocenters. The van der Waals surface area contributed by atoms with Crippen LogP contribution >= 0.6 is 11.3 Å². The van der Waals surface area contributed by atoms with Crippen molar-refractivity contribution in [2.75, 3.05) is 0 Å². The minimum absolute atomic E-state index is 0.204. The molecule has 106 valence electrons. The first-order valence-electron chi connectivity index (χ1n) is 7.08. The zero-order valence-electron chi connectivity index (χ0n) is 12.2. The monoisotopic (exact) mass is 295 g/mol. The molecular formula is C18H17NOS. The lowest BCUT2D eigenvalue weighted by Gasteiger charge is -2.05. The fourth-order valence-corrected chi connectivity index (χ4v) is 3.39. The number of hydrogen-bond donors (Lipinski definition) is 0. The molecule has 3 aromatic rings. The van der Waals surface area contributed by atoms with E-state index in [1.165, 1.54) is 4.70 Å². The third-order valence-electron chi connectivity index (χ3n) is 3.60. The molecule has 1 heterocycles. The third-order valence-corrected chi connectivity index (χ3v) is 4.69. The number of benzene rings is 2. The molecule has 0 spiro atoms. The number of carbonyl (C=O) groups is 1. The fourth-order valence-electron chi connectivity index (χ4n) is 2.42. The molecule has 1 aromatic heterocycles. The summed E-state index contributed by atoms with van der Waals surface area (Å²) in [5.74, 6) is 0.204. The Morgan fingerprint density at radius 3 is 2.76 bits per heavy atom. The van der Waals surface area contributed by atoms with Gasteiger partial charge in [-0.2, -0.15) is 0 Å². The Morgan fingerprint density at radius 1 is 1.14 bits per heavy atom. The molecule has 0 bridgehead atoms. The van der Waals surface area contributed by atoms with Gasteiger partial charge in [-0.25, -0.2) is 4.98 Å². The van der Waals surface area contributed by atoms with E-state index in [-0.39, 0.29) is 5.78 Å². The van der Waals surface area contributed by atoms with E-state index in [4.69, 9.17) is 0 Å². The van der Waals surface area contributed by atoms with Crippen LogP contribution in [0.3, 0.4) is 0 Å². The first kappa shape index (κ1) is 14.0. The van der Waals surface area contributed by atoms with Crippen molar-refractivity contribution in [2.45, 2.75) is 26.7 Å². The van der Waals surface area contributed by atoms with Crippen molar-refractivity contribution in [3.8, 4) is 0 Å². The van der Waals surface area contributed by atoms with E-state index in [9.17, 15) is 4.79 Å². The summed E-state index contributed by atoms with van der Waals surface area (Å²) < 4.78 is 1.19. The van der Waals surface area contributed by atoms with Gasteiger partial charge in [0, 0.05) is 18.4 Å². The van der Waals surface area contributed by atoms with Gasteiger partial charge in [0.25, 0.3) is 0 Å². The maximum Gasteiger partial charge on any atom is 0.163 e. The molecular weight excluding hydrogens is 278 g/mol. The van der Waals surface area contributed by atoms with Crippen molar-refractivity contribution in [1.82, 2.24) is 4.98 Å². The van der Waals surface area contributed by atoms with Crippen LogP contribution < -0.4 is 0 Å². The molecule has 0 atom stereocenters. The Morgan fingerprint density at radius 2 is 1.95 bits per heavy atom. The molecule has 3 heteroatoms. The molecule has 0 amide bonds. The van der Waals surface area contributed by atoms with Crippen molar-refractivity contribution in [2.24, 2.45) is 0 Å². The average molecular weight is 295 g/mol. The van der Waals surface area contributed by atoms with E-state index in [1.807, 2.05) is 50.2 Å². The topological polar surface area (TPSA) is 30.0 Å². The summed E-state index contributed by atoms with van der Waals surface area (Å²) in [6.07, 6.45) is 1.23. The summed E-state index contributed by atoms with van der Waals surface area (Å²) >= 11 is 1.68. The number of para-hydroxylation sites is 1. The molecule has 3 rings (SSSR count). The number of hydrogen-bond acceptors (Lipinski definition) is 3. The van der Waals surface area contributed by atoms with Crippen LogP contribution in [0.2, 0.25) is 0 Å². The summed E-state index contributed by atoms with van der Waals surface area (Å²) in [5.41, 5.74) is 4.05. The van der Waals surface area contributed by atoms with Gasteiger partial charge < -0.3 is 0 Å². The molecule has 0 saturated carbocycles. The second-order valence-corrected chi connectivity index (χ2v) is 6.43. The number of carbonyl (C=O) groups excluding carboxylic acids is 1. The van der Waals surface area contributed by atoms with Crippen molar-refractivity contribution in [1.29, 1.82) is 0 Å². The van der Waals surface area contributed by atoms with Crippen molar-refractivity contribution in [3.05, 3.63) is 64.2 Å². The maximum absolute atomic E-state index is 12.4. The Kier molecular flexibility index (Phi) is 3.84. The van der Waals surface area contributed by atoms with Gasteiger partial charge in [-0.3, -0.25) is 4.79 Å². The van der Waals surface area contributed by atoms with Crippen LogP contribution in [0.5, 0.6) is 0 Å². The molecule has 0 radical (unpaired) electrons. The second-order valence-electron chi connectivity index (χ2n) is 5.32. The largest absolute Gasteiger partial charge is 0.294 e. The number of Topliss-reactive ketones (excluding diaryl/α,β-unsaturated/α-hetero) is 1. The summed E-state index contributed by atoms with van der Waals surface area (Å²) in [4.78, 5) is 17.0. The quantitative estimate of drug-likeness (QED) is 0.651. The van der Waals surface area contributed by atoms with Gasteiger partial charge in [-0.15, -0.1) is 11.3 Å². The zero-order valence-corrected chi connectivity index (χ0v) is 13.0. The number of rotatable bonds is 4. The van der Waals surface area contributed by atoms with Crippen LogP contribution in [0.4, 0.5) is 0 Å². The number of nitrogens with zero attached hydrogens (tertiary/aromatic N) is 1. The molecule has 2 aromatic carbocycles. The number of aryl methyl sites for hydroxylation is 3. The molecule has 0 fully saturated rings. The van der Waals surface area contributed by atoms with E-state index >= 15 is 0 Å². The van der Waals surface area contributed by atoms with Crippen LogP contribution in [-0.2, 0) is 6.42 Å². The molecule has 0 aliphatic heterocycles. The Labute approximate surface area is 128 Å². The molecule has 0 saturated heterocycles. The number of aromatic nitrogens is 1. The lowest BCUT2D eigenvalue weighted by atomic mass is 9.99. The molecule has 21 heavy (non-hydrogen) atoms. The number of thiazole rings is 1. The van der Waals surface area contributed by atoms with Crippen LogP contribution in [0.1, 0.15) is 32.9 Å². The third kappa shape index (κ3) is 3.03. The van der Waals surface area contributed by atoms with Gasteiger partial charge in [-0.05, 0) is 37.6 Å². The Balaban J connectivity index is 1.74. The van der Waals surface area contributed by atoms with Crippen LogP contribution in [-0.4, -0.2) is 10.8 Å². The highest BCUT2D eigenvalue weighted by Gasteiger charge is 2.11. The van der Waals surface area contributed by atoms with E-state index in [2.05, 4.69) is 11.1 Å². The van der Waals surface area contributed by atoms with Gasteiger partial charge >= 0.3 is 0 Å². The first-order chi connectivity index (χ1) is 10.1. The highest BCUT2D eigenvalue weighted by molar-refractivity contribution is 7.18. The summed E-state index contributed by atoms with van der Waals surface area (Å²) in [6, 6.07) is 14.1.